The number of aliphatic hydroxyl groups is 1. The fraction of sp³-hybridized carbons (Fsp3) is 0.569. The number of anilines is 2. The third kappa shape index (κ3) is 16.0. The highest BCUT2D eigenvalue weighted by Crippen LogP contribution is 2.39. The summed E-state index contributed by atoms with van der Waals surface area (Å²) in [6.45, 7) is 27.5. The number of benzene rings is 2. The second kappa shape index (κ2) is 24.9. The number of esters is 2. The average Bonchev–Trinajstić information content (AvgIpc) is 3.79. The Labute approximate surface area is 455 Å². The van der Waals surface area contributed by atoms with E-state index in [-0.39, 0.29) is 48.4 Å². The van der Waals surface area contributed by atoms with Gasteiger partial charge in [-0.3, -0.25) is 14.6 Å². The van der Waals surface area contributed by atoms with Gasteiger partial charge in [0, 0.05) is 37.1 Å². The van der Waals surface area contributed by atoms with Gasteiger partial charge in [-0.25, -0.2) is 28.0 Å². The molecule has 0 aromatic heterocycles. The highest BCUT2D eigenvalue weighted by Gasteiger charge is 2.47. The van der Waals surface area contributed by atoms with Gasteiger partial charge in [-0.05, 0) is 145 Å². The Balaban J connectivity index is 0.000000287. The minimum absolute atomic E-state index is 0.101. The average molecular weight is 1100 g/mol. The maximum absolute atomic E-state index is 15.0. The van der Waals surface area contributed by atoms with Crippen molar-refractivity contribution in [2.45, 2.75) is 189 Å². The first kappa shape index (κ1) is 62.7. The standard InChI is InChI=1S/C29H40FNO8.C29H38FNO8/c2*1-9-31(27(35)39-28(4,5)6)19-14-18-11-10-12-22-25(38-29(7,8)37-22)24(33)20(30)13-16(2)17(3)36-26(34)23(18)21(32)15-19/h10-11,13-17,22,24-25,32-33H,9,12H2,1-8H3;10-11,13-17,22,25,32H,9,12H2,1-8H3/b2*11-10+,20-13+/t16-,17+,22+,24-,25+;16-,17+,22+,25+/m11/s1. The number of phenols is 2. The van der Waals surface area contributed by atoms with Crippen molar-refractivity contribution in [2.75, 3.05) is 22.9 Å². The molecular weight excluding hydrogens is 1020 g/mol. The van der Waals surface area contributed by atoms with Crippen molar-refractivity contribution in [3.8, 4) is 11.5 Å². The number of nitrogens with zero attached hydrogens (tertiary/aromatic N) is 2. The van der Waals surface area contributed by atoms with E-state index in [1.165, 1.54) is 28.0 Å². The summed E-state index contributed by atoms with van der Waals surface area (Å²) in [4.78, 5) is 67.7. The molecule has 0 bridgehead atoms. The summed E-state index contributed by atoms with van der Waals surface area (Å²) in [5.74, 6) is -8.53. The van der Waals surface area contributed by atoms with Crippen molar-refractivity contribution in [2.24, 2.45) is 11.8 Å². The predicted octanol–water partition coefficient (Wildman–Crippen LogP) is 11.2. The van der Waals surface area contributed by atoms with Gasteiger partial charge in [0.25, 0.3) is 0 Å². The lowest BCUT2D eigenvalue weighted by Crippen LogP contribution is -2.37. The van der Waals surface area contributed by atoms with Crippen molar-refractivity contribution in [3.05, 3.63) is 82.5 Å². The summed E-state index contributed by atoms with van der Waals surface area (Å²) < 4.78 is 75.4. The first-order valence-electron chi connectivity index (χ1n) is 26.2. The third-order valence-electron chi connectivity index (χ3n) is 12.9. The number of carbonyl (C=O) groups is 5. The zero-order valence-electron chi connectivity index (χ0n) is 47.6. The van der Waals surface area contributed by atoms with Crippen molar-refractivity contribution >= 4 is 53.4 Å². The lowest BCUT2D eigenvalue weighted by Gasteiger charge is -2.27. The van der Waals surface area contributed by atoms with Crippen molar-refractivity contribution in [1.82, 2.24) is 0 Å². The summed E-state index contributed by atoms with van der Waals surface area (Å²) in [6.07, 6.45) is 1.03. The SMILES string of the molecule is CCN(C(=O)OC(C)(C)C)c1cc(O)c2c(c1)/C=C/C[C@@H]1OC(C)(C)O[C@@H]1C(=O)/C(F)=C\[C@@H](C)[C@H](C)OC2=O.CCN(C(=O)OC(C)(C)C)c1cc(O)c2c(c1)/C=C/C[C@@H]1OC(C)(C)O[C@@H]1[C@H](O)/C(F)=C\[C@@H](C)[C@H](C)OC2=O. The second-order valence-electron chi connectivity index (χ2n) is 22.6. The van der Waals surface area contributed by atoms with Crippen LogP contribution in [0.5, 0.6) is 11.5 Å². The van der Waals surface area contributed by atoms with Crippen LogP contribution >= 0.6 is 0 Å². The Morgan fingerprint density at radius 2 is 1.06 bits per heavy atom. The smallest absolute Gasteiger partial charge is 0.414 e. The van der Waals surface area contributed by atoms with E-state index in [1.807, 2.05) is 0 Å². The number of amides is 2. The fourth-order valence-electron chi connectivity index (χ4n) is 8.85. The van der Waals surface area contributed by atoms with Crippen molar-refractivity contribution in [1.29, 1.82) is 0 Å². The van der Waals surface area contributed by atoms with Gasteiger partial charge in [0.15, 0.2) is 23.5 Å². The van der Waals surface area contributed by atoms with E-state index in [9.17, 15) is 43.7 Å². The van der Waals surface area contributed by atoms with Crippen LogP contribution in [0.3, 0.4) is 0 Å². The molecule has 0 unspecified atom stereocenters. The van der Waals surface area contributed by atoms with Gasteiger partial charge in [-0.15, -0.1) is 0 Å². The van der Waals surface area contributed by atoms with Crippen LogP contribution in [-0.4, -0.2) is 124 Å². The van der Waals surface area contributed by atoms with Crippen LogP contribution < -0.4 is 9.80 Å². The summed E-state index contributed by atoms with van der Waals surface area (Å²) >= 11 is 0. The van der Waals surface area contributed by atoms with Crippen molar-refractivity contribution in [3.63, 3.8) is 0 Å². The number of cyclic esters (lactones) is 2. The van der Waals surface area contributed by atoms with Gasteiger partial charge in [-0.1, -0.05) is 38.2 Å². The molecule has 0 spiro atoms. The molecule has 2 amide bonds. The van der Waals surface area contributed by atoms with Gasteiger partial charge in [-0.2, -0.15) is 0 Å². The van der Waals surface area contributed by atoms with Crippen LogP contribution in [0.4, 0.5) is 29.7 Å². The minimum atomic E-state index is -1.58. The molecule has 2 saturated heterocycles. The molecule has 78 heavy (non-hydrogen) atoms. The number of hydrogen-bond acceptors (Lipinski definition) is 16. The minimum Gasteiger partial charge on any atom is -0.507 e. The molecule has 6 rings (SSSR count). The van der Waals surface area contributed by atoms with E-state index in [1.54, 1.807) is 147 Å². The molecule has 0 radical (unpaired) electrons. The molecule has 2 fully saturated rings. The van der Waals surface area contributed by atoms with E-state index in [2.05, 4.69) is 0 Å². The number of aliphatic hydroxyl groups excluding tert-OH is 1. The molecule has 20 heteroatoms. The van der Waals surface area contributed by atoms with Crippen LogP contribution in [-0.2, 0) is 42.7 Å². The monoisotopic (exact) mass is 1100 g/mol. The number of carbonyl (C=O) groups excluding carboxylic acids is 5. The molecule has 4 aliphatic rings. The van der Waals surface area contributed by atoms with Gasteiger partial charge in [0.05, 0.1) is 23.6 Å². The summed E-state index contributed by atoms with van der Waals surface area (Å²) in [5.41, 5.74) is -0.490. The van der Waals surface area contributed by atoms with Gasteiger partial charge in [0.1, 0.15) is 64.1 Å². The highest BCUT2D eigenvalue weighted by molar-refractivity contribution is 6.00. The van der Waals surface area contributed by atoms with E-state index in [4.69, 9.17) is 37.9 Å². The Morgan fingerprint density at radius 1 is 0.654 bits per heavy atom. The molecule has 3 N–H and O–H groups in total. The van der Waals surface area contributed by atoms with Crippen LogP contribution in [0, 0.1) is 11.8 Å². The Bertz CT molecular complexity index is 2680. The molecule has 9 atom stereocenters. The number of ether oxygens (including phenoxy) is 8. The van der Waals surface area contributed by atoms with E-state index < -0.39 is 125 Å². The zero-order valence-corrected chi connectivity index (χ0v) is 47.6. The van der Waals surface area contributed by atoms with Crippen LogP contribution in [0.1, 0.15) is 155 Å². The number of Topliss-reactive ketones (excluding diaryl/α,β-unsaturated/α-hetero) is 1. The molecule has 4 aliphatic heterocycles. The third-order valence-corrected chi connectivity index (χ3v) is 12.9. The van der Waals surface area contributed by atoms with Gasteiger partial charge < -0.3 is 53.2 Å². The van der Waals surface area contributed by atoms with Crippen LogP contribution in [0.15, 0.2) is 60.2 Å². The molecule has 2 aromatic carbocycles. The van der Waals surface area contributed by atoms with Gasteiger partial charge >= 0.3 is 24.1 Å². The largest absolute Gasteiger partial charge is 0.507 e. The number of aromatic hydroxyl groups is 2. The number of ketones is 1. The van der Waals surface area contributed by atoms with Crippen LogP contribution in [0.25, 0.3) is 12.2 Å². The number of rotatable bonds is 4. The molecule has 0 saturated carbocycles. The second-order valence-corrected chi connectivity index (χ2v) is 22.6. The summed E-state index contributed by atoms with van der Waals surface area (Å²) in [5, 5.41) is 32.6. The molecule has 430 valence electrons. The molecule has 0 aliphatic carbocycles. The maximum Gasteiger partial charge on any atom is 0.414 e. The maximum atomic E-state index is 15.0. The highest BCUT2D eigenvalue weighted by atomic mass is 19.1. The van der Waals surface area contributed by atoms with E-state index in [0.717, 1.165) is 6.08 Å². The zero-order chi connectivity index (χ0) is 58.6. The number of fused-ring (bicyclic) bond motifs is 4. The number of hydrogen-bond donors (Lipinski definition) is 3. The molecule has 4 heterocycles. The fourth-order valence-corrected chi connectivity index (χ4v) is 8.85. The Kier molecular flexibility index (Phi) is 20.0. The topological polar surface area (TPSA) is 226 Å². The van der Waals surface area contributed by atoms with Gasteiger partial charge in [0.2, 0.25) is 5.78 Å². The summed E-state index contributed by atoms with van der Waals surface area (Å²) in [6, 6.07) is 5.75. The van der Waals surface area contributed by atoms with Crippen molar-refractivity contribution < 1.29 is 86.0 Å². The normalized spacial score (nSPS) is 28.7. The number of phenolic OH excluding ortho intramolecular Hbond substituents is 2. The van der Waals surface area contributed by atoms with E-state index >= 15 is 4.39 Å². The Morgan fingerprint density at radius 3 is 1.50 bits per heavy atom. The Hall–Kier alpha value is -6.19. The molecule has 18 nitrogen and oxygen atoms in total. The lowest BCUT2D eigenvalue weighted by molar-refractivity contribution is -0.153. The summed E-state index contributed by atoms with van der Waals surface area (Å²) in [7, 11) is 0. The molecular formula is C58H78F2N2O16. The molecule has 2 aromatic rings. The van der Waals surface area contributed by atoms with E-state index in [0.29, 0.717) is 16.9 Å². The quantitative estimate of drug-likeness (QED) is 0.191. The van der Waals surface area contributed by atoms with Crippen LogP contribution in [0.2, 0.25) is 0 Å². The predicted molar refractivity (Wildman–Crippen MR) is 287 cm³/mol. The first-order chi connectivity index (χ1) is 36.0. The lowest BCUT2D eigenvalue weighted by atomic mass is 9.98. The number of halogens is 2. The first-order valence-corrected chi connectivity index (χ1v) is 26.2.